The number of hydrogen-bond donors (Lipinski definition) is 0. The number of esters is 1. The van der Waals surface area contributed by atoms with Crippen LogP contribution in [0.2, 0.25) is 0 Å². The Labute approximate surface area is 214 Å². The van der Waals surface area contributed by atoms with E-state index in [1.165, 1.54) is 94.6 Å². The van der Waals surface area contributed by atoms with Gasteiger partial charge in [0.25, 0.3) is 0 Å². The van der Waals surface area contributed by atoms with Gasteiger partial charge < -0.3 is 4.74 Å². The summed E-state index contributed by atoms with van der Waals surface area (Å²) in [5.41, 5.74) is 2.45. The van der Waals surface area contributed by atoms with Gasteiger partial charge >= 0.3 is 5.97 Å². The van der Waals surface area contributed by atoms with Crippen molar-refractivity contribution in [3.63, 3.8) is 0 Å². The molecule has 1 aromatic carbocycles. The monoisotopic (exact) mass is 477 g/mol. The highest BCUT2D eigenvalue weighted by atomic mass is 16.5. The SMILES string of the molecule is CCCCCCCCCc1ccc(OC(=O)/C=C/C(CCCCCCCC)c2ccccc2)nc1. The number of unbranched alkanes of at least 4 members (excludes halogenated alkanes) is 11. The third-order valence-electron chi connectivity index (χ3n) is 6.63. The molecular formula is C32H47NO2. The summed E-state index contributed by atoms with van der Waals surface area (Å²) in [6, 6.07) is 14.3. The van der Waals surface area contributed by atoms with E-state index in [0.29, 0.717) is 5.88 Å². The molecule has 2 rings (SSSR count). The first-order valence-electron chi connectivity index (χ1n) is 14.1. The summed E-state index contributed by atoms with van der Waals surface area (Å²) in [7, 11) is 0. The van der Waals surface area contributed by atoms with Gasteiger partial charge in [0.2, 0.25) is 5.88 Å². The van der Waals surface area contributed by atoms with Gasteiger partial charge in [0.15, 0.2) is 0 Å². The molecule has 1 aromatic heterocycles. The molecule has 3 nitrogen and oxygen atoms in total. The first-order chi connectivity index (χ1) is 17.2. The molecule has 1 heterocycles. The van der Waals surface area contributed by atoms with E-state index < -0.39 is 0 Å². The zero-order valence-corrected chi connectivity index (χ0v) is 22.2. The molecule has 0 N–H and O–H groups in total. The summed E-state index contributed by atoms with van der Waals surface area (Å²) in [6.07, 6.45) is 24.2. The van der Waals surface area contributed by atoms with Crippen molar-refractivity contribution in [1.29, 1.82) is 0 Å². The maximum absolute atomic E-state index is 12.5. The summed E-state index contributed by atoms with van der Waals surface area (Å²) in [4.78, 5) is 16.8. The fourth-order valence-corrected chi connectivity index (χ4v) is 4.46. The van der Waals surface area contributed by atoms with Crippen LogP contribution in [0.1, 0.15) is 121 Å². The van der Waals surface area contributed by atoms with Gasteiger partial charge in [-0.25, -0.2) is 9.78 Å². The zero-order chi connectivity index (χ0) is 25.0. The Bertz CT molecular complexity index is 813. The number of benzene rings is 1. The smallest absolute Gasteiger partial charge is 0.337 e. The Hall–Kier alpha value is -2.42. The van der Waals surface area contributed by atoms with E-state index in [1.807, 2.05) is 30.5 Å². The highest BCUT2D eigenvalue weighted by molar-refractivity contribution is 5.83. The molecule has 35 heavy (non-hydrogen) atoms. The number of carbonyl (C=O) groups excluding carboxylic acids is 1. The van der Waals surface area contributed by atoms with Crippen LogP contribution in [0.5, 0.6) is 5.88 Å². The minimum atomic E-state index is -0.360. The lowest BCUT2D eigenvalue weighted by atomic mass is 9.92. The van der Waals surface area contributed by atoms with Crippen LogP contribution in [0.4, 0.5) is 0 Å². The van der Waals surface area contributed by atoms with Gasteiger partial charge in [-0.15, -0.1) is 0 Å². The maximum Gasteiger partial charge on any atom is 0.337 e. The van der Waals surface area contributed by atoms with Gasteiger partial charge in [0, 0.05) is 24.3 Å². The average Bonchev–Trinajstić information content (AvgIpc) is 2.88. The summed E-state index contributed by atoms with van der Waals surface area (Å²) in [6.45, 7) is 4.50. The molecule has 0 aliphatic heterocycles. The van der Waals surface area contributed by atoms with Crippen molar-refractivity contribution in [3.8, 4) is 5.88 Å². The van der Waals surface area contributed by atoms with Crippen LogP contribution in [0.15, 0.2) is 60.8 Å². The predicted molar refractivity (Wildman–Crippen MR) is 148 cm³/mol. The van der Waals surface area contributed by atoms with Crippen molar-refractivity contribution in [2.75, 3.05) is 0 Å². The summed E-state index contributed by atoms with van der Waals surface area (Å²) < 4.78 is 5.47. The highest BCUT2D eigenvalue weighted by Gasteiger charge is 2.10. The summed E-state index contributed by atoms with van der Waals surface area (Å²) >= 11 is 0. The minimum Gasteiger partial charge on any atom is -0.404 e. The van der Waals surface area contributed by atoms with Gasteiger partial charge in [-0.3, -0.25) is 0 Å². The molecule has 0 aliphatic rings. The first kappa shape index (κ1) is 28.8. The quantitative estimate of drug-likeness (QED) is 0.115. The highest BCUT2D eigenvalue weighted by Crippen LogP contribution is 2.24. The molecule has 0 radical (unpaired) electrons. The van der Waals surface area contributed by atoms with Crippen molar-refractivity contribution >= 4 is 5.97 Å². The van der Waals surface area contributed by atoms with E-state index in [1.54, 1.807) is 6.08 Å². The number of aromatic nitrogens is 1. The molecule has 2 aromatic rings. The van der Waals surface area contributed by atoms with E-state index in [0.717, 1.165) is 12.8 Å². The van der Waals surface area contributed by atoms with Crippen molar-refractivity contribution in [1.82, 2.24) is 4.98 Å². The van der Waals surface area contributed by atoms with Crippen LogP contribution in [0.3, 0.4) is 0 Å². The van der Waals surface area contributed by atoms with Crippen LogP contribution >= 0.6 is 0 Å². The normalized spacial score (nSPS) is 12.2. The topological polar surface area (TPSA) is 39.2 Å². The number of aryl methyl sites for hydroxylation is 1. The van der Waals surface area contributed by atoms with E-state index in [-0.39, 0.29) is 11.9 Å². The van der Waals surface area contributed by atoms with Gasteiger partial charge in [0.1, 0.15) is 0 Å². The Morgan fingerprint density at radius 3 is 2.06 bits per heavy atom. The van der Waals surface area contributed by atoms with Gasteiger partial charge in [-0.2, -0.15) is 0 Å². The van der Waals surface area contributed by atoms with Crippen molar-refractivity contribution in [2.45, 2.75) is 116 Å². The molecule has 0 amide bonds. The van der Waals surface area contributed by atoms with Crippen molar-refractivity contribution in [2.24, 2.45) is 0 Å². The fraction of sp³-hybridized carbons (Fsp3) is 0.562. The van der Waals surface area contributed by atoms with Gasteiger partial charge in [-0.1, -0.05) is 133 Å². The van der Waals surface area contributed by atoms with Crippen molar-refractivity contribution < 1.29 is 9.53 Å². The molecule has 192 valence electrons. The second-order valence-electron chi connectivity index (χ2n) is 9.73. The van der Waals surface area contributed by atoms with E-state index in [4.69, 9.17) is 4.74 Å². The number of nitrogens with zero attached hydrogens (tertiary/aromatic N) is 1. The zero-order valence-electron chi connectivity index (χ0n) is 22.2. The summed E-state index contributed by atoms with van der Waals surface area (Å²) in [5.74, 6) is 0.239. The minimum absolute atomic E-state index is 0.229. The molecule has 0 fully saturated rings. The molecular weight excluding hydrogens is 430 g/mol. The molecule has 0 spiro atoms. The Morgan fingerprint density at radius 1 is 0.800 bits per heavy atom. The fourth-order valence-electron chi connectivity index (χ4n) is 4.46. The number of rotatable bonds is 19. The van der Waals surface area contributed by atoms with Crippen molar-refractivity contribution in [3.05, 3.63) is 71.9 Å². The number of allylic oxidation sites excluding steroid dienone is 1. The lowest BCUT2D eigenvalue weighted by molar-refractivity contribution is -0.129. The van der Waals surface area contributed by atoms with Crippen LogP contribution in [0.25, 0.3) is 0 Å². The molecule has 1 atom stereocenters. The second kappa shape index (κ2) is 18.9. The molecule has 0 aliphatic carbocycles. The largest absolute Gasteiger partial charge is 0.404 e. The average molecular weight is 478 g/mol. The third-order valence-corrected chi connectivity index (χ3v) is 6.63. The molecule has 3 heteroatoms. The van der Waals surface area contributed by atoms with E-state index in [2.05, 4.69) is 43.1 Å². The standard InChI is InChI=1S/C32H47NO2/c1-3-5-7-9-11-12-15-19-28-23-25-31(33-27-28)35-32(34)26-24-30(29-20-17-14-18-21-29)22-16-13-10-8-6-4-2/h14,17-18,20-21,23-27,30H,3-13,15-16,19,22H2,1-2H3/b26-24+. The molecule has 1 unspecified atom stereocenters. The number of pyridine rings is 1. The molecule has 0 saturated heterocycles. The van der Waals surface area contributed by atoms with Crippen LogP contribution in [-0.2, 0) is 11.2 Å². The molecule has 0 bridgehead atoms. The third kappa shape index (κ3) is 13.3. The Morgan fingerprint density at radius 2 is 1.43 bits per heavy atom. The number of hydrogen-bond acceptors (Lipinski definition) is 3. The first-order valence-corrected chi connectivity index (χ1v) is 14.1. The van der Waals surface area contributed by atoms with E-state index >= 15 is 0 Å². The van der Waals surface area contributed by atoms with Crippen LogP contribution in [-0.4, -0.2) is 11.0 Å². The Kier molecular flexibility index (Phi) is 15.5. The lowest BCUT2D eigenvalue weighted by Crippen LogP contribution is -2.06. The van der Waals surface area contributed by atoms with Crippen LogP contribution in [0, 0.1) is 0 Å². The number of carbonyl (C=O) groups is 1. The second-order valence-corrected chi connectivity index (χ2v) is 9.73. The predicted octanol–water partition coefficient (Wildman–Crippen LogP) is 9.37. The maximum atomic E-state index is 12.5. The molecule has 0 saturated carbocycles. The van der Waals surface area contributed by atoms with Gasteiger partial charge in [-0.05, 0) is 30.4 Å². The van der Waals surface area contributed by atoms with E-state index in [9.17, 15) is 4.79 Å². The lowest BCUT2D eigenvalue weighted by Gasteiger charge is -2.13. The number of ether oxygens (including phenoxy) is 1. The van der Waals surface area contributed by atoms with Gasteiger partial charge in [0.05, 0.1) is 0 Å². The Balaban J connectivity index is 1.77. The van der Waals surface area contributed by atoms with Crippen LogP contribution < -0.4 is 4.74 Å². The summed E-state index contributed by atoms with van der Waals surface area (Å²) in [5, 5.41) is 0.